The number of alkyl halides is 3. The topological polar surface area (TPSA) is 50.2 Å². The van der Waals surface area contributed by atoms with Crippen molar-refractivity contribution in [1.29, 1.82) is 0 Å². The van der Waals surface area contributed by atoms with Crippen LogP contribution in [0.2, 0.25) is 0 Å². The summed E-state index contributed by atoms with van der Waals surface area (Å²) in [5, 5.41) is 6.44. The standard InChI is InChI=1S/C18H29F3N4O/c1-11(2)9-22-17(26)15-13(5)25(23-16(15)18(19,20)21)14-7-6-8-24(10-14)12(3)4/h11-12,14H,6-10H2,1-5H3,(H,22,26)/t14-/m1/s1. The molecule has 2 rings (SSSR count). The molecule has 0 aliphatic carbocycles. The molecule has 1 aliphatic heterocycles. The van der Waals surface area contributed by atoms with Crippen LogP contribution in [-0.2, 0) is 6.18 Å². The summed E-state index contributed by atoms with van der Waals surface area (Å²) in [6.45, 7) is 11.4. The van der Waals surface area contributed by atoms with Gasteiger partial charge in [-0.15, -0.1) is 0 Å². The number of aromatic nitrogens is 2. The first-order chi connectivity index (χ1) is 12.0. The number of carbonyl (C=O) groups is 1. The van der Waals surface area contributed by atoms with Gasteiger partial charge in [-0.1, -0.05) is 13.8 Å². The van der Waals surface area contributed by atoms with Gasteiger partial charge in [0.1, 0.15) is 0 Å². The third-order valence-electron chi connectivity index (χ3n) is 4.82. The third-order valence-corrected chi connectivity index (χ3v) is 4.82. The largest absolute Gasteiger partial charge is 0.435 e. The van der Waals surface area contributed by atoms with E-state index >= 15 is 0 Å². The van der Waals surface area contributed by atoms with Crippen LogP contribution in [0.25, 0.3) is 0 Å². The number of nitrogens with one attached hydrogen (secondary N) is 1. The zero-order valence-corrected chi connectivity index (χ0v) is 16.2. The lowest BCUT2D eigenvalue weighted by Crippen LogP contribution is -2.41. The molecule has 1 atom stereocenters. The van der Waals surface area contributed by atoms with Crippen molar-refractivity contribution in [3.05, 3.63) is 17.0 Å². The molecule has 8 heteroatoms. The summed E-state index contributed by atoms with van der Waals surface area (Å²) < 4.78 is 41.9. The minimum Gasteiger partial charge on any atom is -0.352 e. The SMILES string of the molecule is Cc1c(C(=O)NCC(C)C)c(C(F)(F)F)nn1[C@@H]1CCCN(C(C)C)C1. The highest BCUT2D eigenvalue weighted by atomic mass is 19.4. The predicted octanol–water partition coefficient (Wildman–Crippen LogP) is 3.64. The molecule has 1 aromatic heterocycles. The van der Waals surface area contributed by atoms with Gasteiger partial charge in [0, 0.05) is 24.8 Å². The molecule has 1 saturated heterocycles. The molecular weight excluding hydrogens is 345 g/mol. The molecule has 1 amide bonds. The fraction of sp³-hybridized carbons (Fsp3) is 0.778. The van der Waals surface area contributed by atoms with E-state index in [1.54, 1.807) is 6.92 Å². The molecule has 1 aromatic rings. The van der Waals surface area contributed by atoms with E-state index < -0.39 is 17.8 Å². The second kappa shape index (κ2) is 7.98. The number of halogens is 3. The van der Waals surface area contributed by atoms with Gasteiger partial charge in [-0.3, -0.25) is 14.4 Å². The predicted molar refractivity (Wildman–Crippen MR) is 94.1 cm³/mol. The van der Waals surface area contributed by atoms with Crippen molar-refractivity contribution >= 4 is 5.91 Å². The second-order valence-electron chi connectivity index (χ2n) is 7.74. The lowest BCUT2D eigenvalue weighted by Gasteiger charge is -2.35. The van der Waals surface area contributed by atoms with E-state index in [1.807, 2.05) is 13.8 Å². The highest BCUT2D eigenvalue weighted by molar-refractivity contribution is 5.96. The maximum atomic E-state index is 13.5. The highest BCUT2D eigenvalue weighted by Gasteiger charge is 2.41. The maximum Gasteiger partial charge on any atom is 0.435 e. The van der Waals surface area contributed by atoms with Gasteiger partial charge < -0.3 is 5.32 Å². The normalized spacial score (nSPS) is 19.4. The summed E-state index contributed by atoms with van der Waals surface area (Å²) in [4.78, 5) is 14.7. The van der Waals surface area contributed by atoms with Gasteiger partial charge in [-0.25, -0.2) is 0 Å². The van der Waals surface area contributed by atoms with Gasteiger partial charge in [0.25, 0.3) is 5.91 Å². The lowest BCUT2D eigenvalue weighted by molar-refractivity contribution is -0.142. The number of hydrogen-bond donors (Lipinski definition) is 1. The van der Waals surface area contributed by atoms with Crippen molar-refractivity contribution in [2.75, 3.05) is 19.6 Å². The molecule has 1 fully saturated rings. The van der Waals surface area contributed by atoms with E-state index in [9.17, 15) is 18.0 Å². The first-order valence-electron chi connectivity index (χ1n) is 9.20. The van der Waals surface area contributed by atoms with E-state index in [-0.39, 0.29) is 23.2 Å². The van der Waals surface area contributed by atoms with Crippen LogP contribution >= 0.6 is 0 Å². The average Bonchev–Trinajstić information content (AvgIpc) is 2.90. The van der Waals surface area contributed by atoms with Gasteiger partial charge in [0.05, 0.1) is 11.6 Å². The Hall–Kier alpha value is -1.57. The molecule has 0 bridgehead atoms. The number of nitrogens with zero attached hydrogens (tertiary/aromatic N) is 3. The summed E-state index contributed by atoms with van der Waals surface area (Å²) in [5.41, 5.74) is -1.15. The number of rotatable bonds is 5. The number of carbonyl (C=O) groups excluding carboxylic acids is 1. The lowest BCUT2D eigenvalue weighted by atomic mass is 10.0. The summed E-state index contributed by atoms with van der Waals surface area (Å²) in [7, 11) is 0. The average molecular weight is 374 g/mol. The van der Waals surface area contributed by atoms with Crippen LogP contribution in [0.1, 0.15) is 68.3 Å². The van der Waals surface area contributed by atoms with Gasteiger partial charge >= 0.3 is 6.18 Å². The Labute approximate surface area is 152 Å². The quantitative estimate of drug-likeness (QED) is 0.856. The van der Waals surface area contributed by atoms with Crippen molar-refractivity contribution in [1.82, 2.24) is 20.0 Å². The number of piperidine rings is 1. The molecule has 0 aromatic carbocycles. The minimum absolute atomic E-state index is 0.154. The Morgan fingerprint density at radius 2 is 1.96 bits per heavy atom. The van der Waals surface area contributed by atoms with E-state index in [2.05, 4.69) is 29.2 Å². The molecule has 5 nitrogen and oxygen atoms in total. The van der Waals surface area contributed by atoms with Crippen LogP contribution in [-0.4, -0.2) is 46.3 Å². The molecule has 26 heavy (non-hydrogen) atoms. The summed E-state index contributed by atoms with van der Waals surface area (Å²) in [5.74, 6) is -0.548. The summed E-state index contributed by atoms with van der Waals surface area (Å²) in [6, 6.07) is 0.170. The third kappa shape index (κ3) is 4.58. The second-order valence-corrected chi connectivity index (χ2v) is 7.74. The zero-order valence-electron chi connectivity index (χ0n) is 16.2. The van der Waals surface area contributed by atoms with Crippen molar-refractivity contribution in [3.63, 3.8) is 0 Å². The summed E-state index contributed by atoms with van der Waals surface area (Å²) >= 11 is 0. The Kier molecular flexibility index (Phi) is 6.37. The number of hydrogen-bond acceptors (Lipinski definition) is 3. The van der Waals surface area contributed by atoms with Crippen LogP contribution in [0.4, 0.5) is 13.2 Å². The van der Waals surface area contributed by atoms with Crippen LogP contribution in [0.5, 0.6) is 0 Å². The summed E-state index contributed by atoms with van der Waals surface area (Å²) in [6.07, 6.45) is -3.00. The van der Waals surface area contributed by atoms with Crippen LogP contribution < -0.4 is 5.32 Å². The Balaban J connectivity index is 2.38. The maximum absolute atomic E-state index is 13.5. The molecular formula is C18H29F3N4O. The fourth-order valence-electron chi connectivity index (χ4n) is 3.38. The fourth-order valence-corrected chi connectivity index (χ4v) is 3.38. The minimum atomic E-state index is -4.66. The van der Waals surface area contributed by atoms with Gasteiger partial charge in [-0.2, -0.15) is 18.3 Å². The van der Waals surface area contributed by atoms with Crippen molar-refractivity contribution in [3.8, 4) is 0 Å². The number of likely N-dealkylation sites (tertiary alicyclic amines) is 1. The molecule has 0 saturated carbocycles. The van der Waals surface area contributed by atoms with E-state index in [1.165, 1.54) is 4.68 Å². The Morgan fingerprint density at radius 3 is 2.50 bits per heavy atom. The Bertz CT molecular complexity index is 637. The highest BCUT2D eigenvalue weighted by Crippen LogP contribution is 2.35. The van der Waals surface area contributed by atoms with Crippen molar-refractivity contribution in [2.45, 2.75) is 65.7 Å². The van der Waals surface area contributed by atoms with E-state index in [4.69, 9.17) is 0 Å². The first-order valence-corrected chi connectivity index (χ1v) is 9.20. The van der Waals surface area contributed by atoms with Gasteiger partial charge in [0.2, 0.25) is 0 Å². The first kappa shape index (κ1) is 20.7. The van der Waals surface area contributed by atoms with Gasteiger partial charge in [-0.05, 0) is 46.1 Å². The van der Waals surface area contributed by atoms with Crippen LogP contribution in [0.3, 0.4) is 0 Å². The molecule has 0 unspecified atom stereocenters. The van der Waals surface area contributed by atoms with Crippen molar-refractivity contribution < 1.29 is 18.0 Å². The molecule has 2 heterocycles. The molecule has 1 N–H and O–H groups in total. The smallest absolute Gasteiger partial charge is 0.352 e. The van der Waals surface area contributed by atoms with Crippen LogP contribution in [0.15, 0.2) is 0 Å². The van der Waals surface area contributed by atoms with Crippen LogP contribution in [0, 0.1) is 12.8 Å². The molecule has 1 aliphatic rings. The van der Waals surface area contributed by atoms with E-state index in [0.29, 0.717) is 19.1 Å². The van der Waals surface area contributed by atoms with E-state index in [0.717, 1.165) is 19.4 Å². The molecule has 0 radical (unpaired) electrons. The molecule has 148 valence electrons. The Morgan fingerprint density at radius 1 is 1.31 bits per heavy atom. The monoisotopic (exact) mass is 374 g/mol. The number of amides is 1. The zero-order chi connectivity index (χ0) is 19.6. The van der Waals surface area contributed by atoms with Crippen molar-refractivity contribution in [2.24, 2.45) is 5.92 Å². The molecule has 0 spiro atoms. The van der Waals surface area contributed by atoms with Gasteiger partial charge in [0.15, 0.2) is 5.69 Å².